The molecular weight excluding hydrogens is 444 g/mol. The standard InChI is InChI=1S/C23H24N4O3S2/c1-15-24-17(13-31-15)14-32-21-7-5-4-6-18(21)22(28)25-16-8-9-20-19(12-16)27(23(29)30-20)11-10-26(2)3/h4-9,12-13H,10-11,14H2,1-3H3,(H,25,28). The van der Waals surface area contributed by atoms with Crippen molar-refractivity contribution in [3.05, 3.63) is 74.7 Å². The maximum Gasteiger partial charge on any atom is 0.419 e. The Morgan fingerprint density at radius 3 is 2.81 bits per heavy atom. The molecule has 2 aromatic heterocycles. The van der Waals surface area contributed by atoms with Crippen LogP contribution in [-0.2, 0) is 12.3 Å². The first-order chi connectivity index (χ1) is 15.4. The molecule has 32 heavy (non-hydrogen) atoms. The minimum absolute atomic E-state index is 0.201. The average molecular weight is 469 g/mol. The molecule has 0 aliphatic heterocycles. The van der Waals surface area contributed by atoms with Crippen molar-refractivity contribution >= 4 is 45.8 Å². The zero-order valence-corrected chi connectivity index (χ0v) is 19.8. The molecule has 0 atom stereocenters. The number of carbonyl (C=O) groups excluding carboxylic acids is 1. The Balaban J connectivity index is 1.53. The van der Waals surface area contributed by atoms with E-state index in [4.69, 9.17) is 4.42 Å². The predicted molar refractivity (Wildman–Crippen MR) is 130 cm³/mol. The number of anilines is 1. The molecule has 9 heteroatoms. The van der Waals surface area contributed by atoms with E-state index in [1.54, 1.807) is 45.9 Å². The van der Waals surface area contributed by atoms with E-state index in [9.17, 15) is 9.59 Å². The van der Waals surface area contributed by atoms with E-state index < -0.39 is 5.76 Å². The van der Waals surface area contributed by atoms with Crippen molar-refractivity contribution in [3.8, 4) is 0 Å². The van der Waals surface area contributed by atoms with Gasteiger partial charge < -0.3 is 14.6 Å². The third-order valence-corrected chi connectivity index (χ3v) is 6.80. The van der Waals surface area contributed by atoms with Crippen LogP contribution in [0, 0.1) is 6.92 Å². The first-order valence-corrected chi connectivity index (χ1v) is 12.0. The van der Waals surface area contributed by atoms with Gasteiger partial charge in [-0.1, -0.05) is 12.1 Å². The second-order valence-corrected chi connectivity index (χ2v) is 9.68. The van der Waals surface area contributed by atoms with E-state index in [1.165, 1.54) is 0 Å². The van der Waals surface area contributed by atoms with Crippen molar-refractivity contribution in [1.29, 1.82) is 0 Å². The van der Waals surface area contributed by atoms with Gasteiger partial charge in [-0.15, -0.1) is 23.1 Å². The van der Waals surface area contributed by atoms with Crippen LogP contribution in [0.1, 0.15) is 21.1 Å². The van der Waals surface area contributed by atoms with Gasteiger partial charge in [-0.2, -0.15) is 0 Å². The van der Waals surface area contributed by atoms with E-state index in [1.807, 2.05) is 55.6 Å². The number of benzene rings is 2. The molecular formula is C23H24N4O3S2. The van der Waals surface area contributed by atoms with Crippen molar-refractivity contribution in [2.24, 2.45) is 0 Å². The molecule has 166 valence electrons. The van der Waals surface area contributed by atoms with Crippen LogP contribution >= 0.6 is 23.1 Å². The van der Waals surface area contributed by atoms with Crippen LogP contribution in [0.25, 0.3) is 11.1 Å². The molecule has 0 saturated carbocycles. The predicted octanol–water partition coefficient (Wildman–Crippen LogP) is 4.47. The van der Waals surface area contributed by atoms with Crippen LogP contribution < -0.4 is 11.1 Å². The Hall–Kier alpha value is -2.88. The lowest BCUT2D eigenvalue weighted by Crippen LogP contribution is -2.23. The third kappa shape index (κ3) is 5.12. The Bertz CT molecular complexity index is 1310. The number of oxazole rings is 1. The summed E-state index contributed by atoms with van der Waals surface area (Å²) in [5.41, 5.74) is 3.38. The smallest absolute Gasteiger partial charge is 0.408 e. The van der Waals surface area contributed by atoms with Gasteiger partial charge in [-0.05, 0) is 51.4 Å². The monoisotopic (exact) mass is 468 g/mol. The van der Waals surface area contributed by atoms with Gasteiger partial charge in [0, 0.05) is 34.8 Å². The maximum atomic E-state index is 13.1. The summed E-state index contributed by atoms with van der Waals surface area (Å²) in [4.78, 5) is 32.7. The summed E-state index contributed by atoms with van der Waals surface area (Å²) in [6, 6.07) is 12.8. The molecule has 0 saturated heterocycles. The van der Waals surface area contributed by atoms with Crippen molar-refractivity contribution in [1.82, 2.24) is 14.5 Å². The normalized spacial score (nSPS) is 11.4. The van der Waals surface area contributed by atoms with Crippen LogP contribution in [0.4, 0.5) is 5.69 Å². The molecule has 4 aromatic rings. The fourth-order valence-corrected chi connectivity index (χ4v) is 4.92. The van der Waals surface area contributed by atoms with Gasteiger partial charge in [0.05, 0.1) is 21.8 Å². The summed E-state index contributed by atoms with van der Waals surface area (Å²) in [6.07, 6.45) is 0. The maximum absolute atomic E-state index is 13.1. The number of aryl methyl sites for hydroxylation is 1. The van der Waals surface area contributed by atoms with Crippen LogP contribution in [0.3, 0.4) is 0 Å². The fourth-order valence-electron chi connectivity index (χ4n) is 3.26. The number of nitrogens with one attached hydrogen (secondary N) is 1. The summed E-state index contributed by atoms with van der Waals surface area (Å²) in [5.74, 6) is 0.102. The minimum Gasteiger partial charge on any atom is -0.408 e. The number of rotatable bonds is 8. The number of likely N-dealkylation sites (N-methyl/N-ethyl adjacent to an activating group) is 1. The lowest BCUT2D eigenvalue weighted by molar-refractivity contribution is 0.102. The van der Waals surface area contributed by atoms with Crippen molar-refractivity contribution < 1.29 is 9.21 Å². The number of aromatic nitrogens is 2. The molecule has 0 spiro atoms. The van der Waals surface area contributed by atoms with Gasteiger partial charge in [-0.25, -0.2) is 9.78 Å². The molecule has 0 bridgehead atoms. The zero-order chi connectivity index (χ0) is 22.7. The number of thioether (sulfide) groups is 1. The van der Waals surface area contributed by atoms with Crippen molar-refractivity contribution in [2.75, 3.05) is 26.0 Å². The Morgan fingerprint density at radius 2 is 2.06 bits per heavy atom. The molecule has 7 nitrogen and oxygen atoms in total. The lowest BCUT2D eigenvalue weighted by atomic mass is 10.2. The summed E-state index contributed by atoms with van der Waals surface area (Å²) in [5, 5.41) is 6.04. The number of thiazole rings is 1. The van der Waals surface area contributed by atoms with Gasteiger partial charge in [0.2, 0.25) is 0 Å². The minimum atomic E-state index is -0.399. The van der Waals surface area contributed by atoms with Crippen LogP contribution in [0.2, 0.25) is 0 Å². The van der Waals surface area contributed by atoms with Gasteiger partial charge >= 0.3 is 5.76 Å². The topological polar surface area (TPSA) is 80.4 Å². The number of carbonyl (C=O) groups is 1. The van der Waals surface area contributed by atoms with E-state index in [0.29, 0.717) is 41.2 Å². The highest BCUT2D eigenvalue weighted by Gasteiger charge is 2.15. The number of nitrogens with zero attached hydrogens (tertiary/aromatic N) is 3. The van der Waals surface area contributed by atoms with Crippen LogP contribution in [0.15, 0.2) is 62.0 Å². The highest BCUT2D eigenvalue weighted by molar-refractivity contribution is 7.98. The summed E-state index contributed by atoms with van der Waals surface area (Å²) in [7, 11) is 3.90. The molecule has 4 rings (SSSR count). The third-order valence-electron chi connectivity index (χ3n) is 4.87. The number of hydrogen-bond acceptors (Lipinski definition) is 7. The first-order valence-electron chi connectivity index (χ1n) is 10.1. The SMILES string of the molecule is Cc1nc(CSc2ccccc2C(=O)Nc2ccc3oc(=O)n(CCN(C)C)c3c2)cs1. The molecule has 0 fully saturated rings. The van der Waals surface area contributed by atoms with E-state index in [2.05, 4.69) is 10.3 Å². The van der Waals surface area contributed by atoms with Gasteiger partial charge in [0.25, 0.3) is 5.91 Å². The molecule has 0 unspecified atom stereocenters. The number of amides is 1. The largest absolute Gasteiger partial charge is 0.419 e. The quantitative estimate of drug-likeness (QED) is 0.385. The second kappa shape index (κ2) is 9.72. The van der Waals surface area contributed by atoms with E-state index in [-0.39, 0.29) is 5.91 Å². The Kier molecular flexibility index (Phi) is 6.78. The van der Waals surface area contributed by atoms with Gasteiger partial charge in [-0.3, -0.25) is 9.36 Å². The Morgan fingerprint density at radius 1 is 1.25 bits per heavy atom. The molecule has 2 heterocycles. The van der Waals surface area contributed by atoms with Crippen LogP contribution in [0.5, 0.6) is 0 Å². The molecule has 0 aliphatic carbocycles. The molecule has 0 radical (unpaired) electrons. The molecule has 2 aromatic carbocycles. The summed E-state index contributed by atoms with van der Waals surface area (Å²) in [6.45, 7) is 3.19. The van der Waals surface area contributed by atoms with E-state index in [0.717, 1.165) is 15.6 Å². The molecule has 0 aliphatic rings. The van der Waals surface area contributed by atoms with Gasteiger partial charge in [0.1, 0.15) is 0 Å². The Labute approximate surface area is 194 Å². The highest BCUT2D eigenvalue weighted by Crippen LogP contribution is 2.28. The fraction of sp³-hybridized carbons (Fsp3) is 0.261. The van der Waals surface area contributed by atoms with Crippen LogP contribution in [-0.4, -0.2) is 41.0 Å². The molecule has 1 N–H and O–H groups in total. The number of hydrogen-bond donors (Lipinski definition) is 1. The van der Waals surface area contributed by atoms with Crippen molar-refractivity contribution in [3.63, 3.8) is 0 Å². The molecule has 1 amide bonds. The zero-order valence-electron chi connectivity index (χ0n) is 18.1. The van der Waals surface area contributed by atoms with Gasteiger partial charge in [0.15, 0.2) is 5.58 Å². The summed E-state index contributed by atoms with van der Waals surface area (Å²) < 4.78 is 6.93. The number of fused-ring (bicyclic) bond motifs is 1. The average Bonchev–Trinajstić information content (AvgIpc) is 3.32. The van der Waals surface area contributed by atoms with E-state index >= 15 is 0 Å². The lowest BCUT2D eigenvalue weighted by Gasteiger charge is -2.11. The highest BCUT2D eigenvalue weighted by atomic mass is 32.2. The first kappa shape index (κ1) is 22.3. The van der Waals surface area contributed by atoms with Crippen molar-refractivity contribution in [2.45, 2.75) is 24.1 Å². The second-order valence-electron chi connectivity index (χ2n) is 7.60. The summed E-state index contributed by atoms with van der Waals surface area (Å²) >= 11 is 3.21.